The molecule has 1 aromatic heterocycles. The minimum atomic E-state index is 0. The third kappa shape index (κ3) is 7.07. The molecule has 2 N–H and O–H groups in total. The Labute approximate surface area is 172 Å². The van der Waals surface area contributed by atoms with Gasteiger partial charge in [0.15, 0.2) is 5.96 Å². The molecule has 1 unspecified atom stereocenters. The third-order valence-electron chi connectivity index (χ3n) is 3.63. The molecule has 1 heterocycles. The summed E-state index contributed by atoms with van der Waals surface area (Å²) in [7, 11) is 3.34. The van der Waals surface area contributed by atoms with Crippen LogP contribution in [-0.4, -0.2) is 37.7 Å². The number of aliphatic imine (C=N–C) groups is 1. The lowest BCUT2D eigenvalue weighted by Gasteiger charge is -2.18. The molecule has 26 heavy (non-hydrogen) atoms. The van der Waals surface area contributed by atoms with Crippen LogP contribution in [0.5, 0.6) is 11.6 Å². The van der Waals surface area contributed by atoms with Crippen molar-refractivity contribution in [3.05, 3.63) is 53.7 Å². The second kappa shape index (κ2) is 11.6. The minimum absolute atomic E-state index is 0. The quantitative estimate of drug-likeness (QED) is 0.370. The molecule has 0 spiro atoms. The van der Waals surface area contributed by atoms with Gasteiger partial charge < -0.3 is 20.1 Å². The Hall–Kier alpha value is -2.03. The van der Waals surface area contributed by atoms with Crippen molar-refractivity contribution in [2.45, 2.75) is 26.5 Å². The molecular formula is C19H27IN4O2. The van der Waals surface area contributed by atoms with E-state index in [9.17, 15) is 0 Å². The van der Waals surface area contributed by atoms with E-state index < -0.39 is 0 Å². The largest absolute Gasteiger partial charge is 0.489 e. The van der Waals surface area contributed by atoms with Gasteiger partial charge in [-0.1, -0.05) is 24.3 Å². The maximum absolute atomic E-state index is 5.96. The average molecular weight is 470 g/mol. The van der Waals surface area contributed by atoms with E-state index in [0.717, 1.165) is 17.0 Å². The highest BCUT2D eigenvalue weighted by Gasteiger charge is 2.07. The van der Waals surface area contributed by atoms with Gasteiger partial charge in [-0.15, -0.1) is 24.0 Å². The second-order valence-corrected chi connectivity index (χ2v) is 5.67. The van der Waals surface area contributed by atoms with Crippen molar-refractivity contribution in [2.24, 2.45) is 4.99 Å². The topological polar surface area (TPSA) is 67.8 Å². The van der Waals surface area contributed by atoms with Gasteiger partial charge in [-0.3, -0.25) is 4.99 Å². The van der Waals surface area contributed by atoms with Crippen molar-refractivity contribution in [1.29, 1.82) is 0 Å². The highest BCUT2D eigenvalue weighted by molar-refractivity contribution is 14.0. The lowest BCUT2D eigenvalue weighted by atomic mass is 10.2. The predicted molar refractivity (Wildman–Crippen MR) is 116 cm³/mol. The molecule has 2 aromatic rings. The molecule has 0 saturated carbocycles. The van der Waals surface area contributed by atoms with Gasteiger partial charge in [-0.05, 0) is 31.5 Å². The molecule has 0 aliphatic heterocycles. The van der Waals surface area contributed by atoms with Crippen LogP contribution >= 0.6 is 24.0 Å². The molecular weight excluding hydrogens is 443 g/mol. The van der Waals surface area contributed by atoms with Crippen molar-refractivity contribution in [3.8, 4) is 11.6 Å². The Morgan fingerprint density at radius 3 is 2.62 bits per heavy atom. The summed E-state index contributed by atoms with van der Waals surface area (Å²) in [6, 6.07) is 13.7. The Morgan fingerprint density at radius 1 is 1.15 bits per heavy atom. The predicted octanol–water partition coefficient (Wildman–Crippen LogP) is 3.15. The highest BCUT2D eigenvalue weighted by Crippen LogP contribution is 2.17. The first-order valence-corrected chi connectivity index (χ1v) is 8.29. The van der Waals surface area contributed by atoms with Crippen LogP contribution in [0.4, 0.5) is 0 Å². The molecule has 0 saturated heterocycles. The standard InChI is InChI=1S/C19H26N4O2.HI/c1-14-8-5-6-10-17(14)25-15(2)12-21-19(20-3)22-13-16-9-7-11-18(23-16)24-4;/h5-11,15H,12-13H2,1-4H3,(H2,20,21,22);1H. The third-order valence-corrected chi connectivity index (χ3v) is 3.63. The Kier molecular flexibility index (Phi) is 9.79. The van der Waals surface area contributed by atoms with Crippen molar-refractivity contribution >= 4 is 29.9 Å². The molecule has 1 aromatic carbocycles. The molecule has 0 amide bonds. The number of halogens is 1. The fraction of sp³-hybridized carbons (Fsp3) is 0.368. The first-order valence-electron chi connectivity index (χ1n) is 8.29. The molecule has 1 atom stereocenters. The van der Waals surface area contributed by atoms with Crippen molar-refractivity contribution in [3.63, 3.8) is 0 Å². The molecule has 0 aliphatic carbocycles. The SMILES string of the molecule is CN=C(NCc1cccc(OC)n1)NCC(C)Oc1ccccc1C.I. The van der Waals surface area contributed by atoms with E-state index >= 15 is 0 Å². The summed E-state index contributed by atoms with van der Waals surface area (Å²) in [5.41, 5.74) is 2.01. The molecule has 0 radical (unpaired) electrons. The monoisotopic (exact) mass is 470 g/mol. The average Bonchev–Trinajstić information content (AvgIpc) is 2.64. The maximum atomic E-state index is 5.96. The van der Waals surface area contributed by atoms with E-state index in [0.29, 0.717) is 24.9 Å². The molecule has 142 valence electrons. The highest BCUT2D eigenvalue weighted by atomic mass is 127. The van der Waals surface area contributed by atoms with E-state index in [1.165, 1.54) is 0 Å². The number of hydrogen-bond donors (Lipinski definition) is 2. The van der Waals surface area contributed by atoms with Crippen LogP contribution in [0.1, 0.15) is 18.2 Å². The van der Waals surface area contributed by atoms with Gasteiger partial charge >= 0.3 is 0 Å². The number of ether oxygens (including phenoxy) is 2. The van der Waals surface area contributed by atoms with E-state index in [2.05, 4.69) is 20.6 Å². The fourth-order valence-corrected chi connectivity index (χ4v) is 2.25. The van der Waals surface area contributed by atoms with Crippen molar-refractivity contribution in [1.82, 2.24) is 15.6 Å². The zero-order valence-corrected chi connectivity index (χ0v) is 18.0. The number of pyridine rings is 1. The zero-order chi connectivity index (χ0) is 18.1. The van der Waals surface area contributed by atoms with Gasteiger partial charge in [0.25, 0.3) is 0 Å². The number of aryl methyl sites for hydroxylation is 1. The summed E-state index contributed by atoms with van der Waals surface area (Å²) in [5, 5.41) is 6.50. The summed E-state index contributed by atoms with van der Waals surface area (Å²) in [6.07, 6.45) is 0.00888. The fourth-order valence-electron chi connectivity index (χ4n) is 2.25. The number of aromatic nitrogens is 1. The summed E-state index contributed by atoms with van der Waals surface area (Å²) >= 11 is 0. The van der Waals surface area contributed by atoms with Gasteiger partial charge in [0, 0.05) is 13.1 Å². The number of hydrogen-bond acceptors (Lipinski definition) is 4. The van der Waals surface area contributed by atoms with E-state index in [1.54, 1.807) is 14.2 Å². The first-order chi connectivity index (χ1) is 12.1. The van der Waals surface area contributed by atoms with Gasteiger partial charge in [-0.2, -0.15) is 0 Å². The van der Waals surface area contributed by atoms with E-state index in [1.807, 2.05) is 56.3 Å². The first kappa shape index (κ1) is 22.0. The summed E-state index contributed by atoms with van der Waals surface area (Å²) in [6.45, 7) is 5.26. The van der Waals surface area contributed by atoms with Crippen LogP contribution in [0.3, 0.4) is 0 Å². The number of guanidine groups is 1. The molecule has 0 fully saturated rings. The van der Waals surface area contributed by atoms with E-state index in [-0.39, 0.29) is 30.1 Å². The summed E-state index contributed by atoms with van der Waals surface area (Å²) in [5.74, 6) is 2.20. The lowest BCUT2D eigenvalue weighted by molar-refractivity contribution is 0.222. The van der Waals surface area contributed by atoms with Gasteiger partial charge in [0.2, 0.25) is 5.88 Å². The minimum Gasteiger partial charge on any atom is -0.489 e. The van der Waals surface area contributed by atoms with Crippen molar-refractivity contribution < 1.29 is 9.47 Å². The number of benzene rings is 1. The molecule has 2 rings (SSSR count). The second-order valence-electron chi connectivity index (χ2n) is 5.67. The molecule has 7 heteroatoms. The normalized spacial score (nSPS) is 11.9. The Bertz CT molecular complexity index is 709. The van der Waals surface area contributed by atoms with Crippen LogP contribution in [0, 0.1) is 6.92 Å². The van der Waals surface area contributed by atoms with Crippen LogP contribution in [-0.2, 0) is 6.54 Å². The Balaban J connectivity index is 0.00000338. The number of para-hydroxylation sites is 1. The number of methoxy groups -OCH3 is 1. The zero-order valence-electron chi connectivity index (χ0n) is 15.7. The lowest BCUT2D eigenvalue weighted by Crippen LogP contribution is -2.41. The van der Waals surface area contributed by atoms with Crippen molar-refractivity contribution in [2.75, 3.05) is 20.7 Å². The summed E-state index contributed by atoms with van der Waals surface area (Å²) in [4.78, 5) is 8.59. The molecule has 0 aliphatic rings. The summed E-state index contributed by atoms with van der Waals surface area (Å²) < 4.78 is 11.1. The Morgan fingerprint density at radius 2 is 1.92 bits per heavy atom. The molecule has 0 bridgehead atoms. The smallest absolute Gasteiger partial charge is 0.213 e. The van der Waals surface area contributed by atoms with Crippen LogP contribution < -0.4 is 20.1 Å². The molecule has 6 nitrogen and oxygen atoms in total. The van der Waals surface area contributed by atoms with E-state index in [4.69, 9.17) is 9.47 Å². The number of rotatable bonds is 7. The maximum Gasteiger partial charge on any atom is 0.213 e. The van der Waals surface area contributed by atoms with Gasteiger partial charge in [-0.25, -0.2) is 4.98 Å². The number of nitrogens with zero attached hydrogens (tertiary/aromatic N) is 2. The van der Waals surface area contributed by atoms with Gasteiger partial charge in [0.1, 0.15) is 11.9 Å². The van der Waals surface area contributed by atoms with Crippen LogP contribution in [0.25, 0.3) is 0 Å². The number of nitrogens with one attached hydrogen (secondary N) is 2. The van der Waals surface area contributed by atoms with Crippen LogP contribution in [0.2, 0.25) is 0 Å². The van der Waals surface area contributed by atoms with Crippen LogP contribution in [0.15, 0.2) is 47.5 Å². The van der Waals surface area contributed by atoms with Gasteiger partial charge in [0.05, 0.1) is 25.9 Å².